The van der Waals surface area contributed by atoms with E-state index < -0.39 is 12.1 Å². The van der Waals surface area contributed by atoms with Gasteiger partial charge in [-0.2, -0.15) is 0 Å². The predicted molar refractivity (Wildman–Crippen MR) is 324 cm³/mol. The third-order valence-corrected chi connectivity index (χ3v) is 15.4. The van der Waals surface area contributed by atoms with Gasteiger partial charge in [0.2, 0.25) is 5.91 Å². The van der Waals surface area contributed by atoms with Gasteiger partial charge in [0.25, 0.3) is 0 Å². The Kier molecular flexibility index (Phi) is 62.0. The Bertz CT molecular complexity index is 1200. The van der Waals surface area contributed by atoms with Crippen molar-refractivity contribution in [1.82, 2.24) is 5.32 Å². The van der Waals surface area contributed by atoms with Crippen LogP contribution in [0.4, 0.5) is 0 Å². The molecule has 6 nitrogen and oxygen atoms in total. The van der Waals surface area contributed by atoms with Gasteiger partial charge in [-0.25, -0.2) is 0 Å². The fraction of sp³-hybridized carbons (Fsp3) is 0.882. The quantitative estimate of drug-likeness (QED) is 0.0320. The Balaban J connectivity index is 3.43. The van der Waals surface area contributed by atoms with Gasteiger partial charge in [-0.05, 0) is 64.2 Å². The first-order valence-electron chi connectivity index (χ1n) is 33.3. The van der Waals surface area contributed by atoms with Crippen molar-refractivity contribution in [2.45, 2.75) is 373 Å². The number of nitrogens with one attached hydrogen (secondary N) is 1. The van der Waals surface area contributed by atoms with Crippen LogP contribution in [0.2, 0.25) is 0 Å². The topological polar surface area (TPSA) is 95.9 Å². The van der Waals surface area contributed by atoms with Gasteiger partial charge in [0.05, 0.1) is 25.4 Å². The summed E-state index contributed by atoms with van der Waals surface area (Å²) >= 11 is 0. The smallest absolute Gasteiger partial charge is 0.305 e. The Morgan fingerprint density at radius 1 is 0.378 bits per heavy atom. The molecule has 0 heterocycles. The molecule has 0 aliphatic carbocycles. The van der Waals surface area contributed by atoms with Crippen LogP contribution >= 0.6 is 0 Å². The SMILES string of the molecule is CCCCC/C=C\C/C=C\CCCCCCCC(=O)OCCCCCCCCCCCCCCCCCCCCCCC(=O)NC(CO)C(O)/C=C/CCCCCCCCCCCCCCCCCCCCCC. The van der Waals surface area contributed by atoms with Gasteiger partial charge < -0.3 is 20.3 Å². The first-order valence-corrected chi connectivity index (χ1v) is 33.3. The highest BCUT2D eigenvalue weighted by Gasteiger charge is 2.18. The number of aliphatic hydroxyl groups excluding tert-OH is 2. The lowest BCUT2D eigenvalue weighted by Crippen LogP contribution is -2.45. The number of allylic oxidation sites excluding steroid dienone is 5. The second kappa shape index (κ2) is 63.6. The van der Waals surface area contributed by atoms with E-state index in [0.717, 1.165) is 51.4 Å². The minimum atomic E-state index is -0.848. The number of carbonyl (C=O) groups excluding carboxylic acids is 2. The molecule has 0 bridgehead atoms. The van der Waals surface area contributed by atoms with Crippen molar-refractivity contribution in [3.63, 3.8) is 0 Å². The molecule has 0 saturated carbocycles. The molecule has 0 radical (unpaired) electrons. The molecule has 1 amide bonds. The minimum Gasteiger partial charge on any atom is -0.466 e. The highest BCUT2D eigenvalue weighted by Crippen LogP contribution is 2.18. The number of rotatable bonds is 62. The van der Waals surface area contributed by atoms with E-state index in [1.54, 1.807) is 6.08 Å². The molecule has 74 heavy (non-hydrogen) atoms. The molecule has 2 unspecified atom stereocenters. The molecule has 0 aromatic carbocycles. The molecule has 0 aliphatic rings. The van der Waals surface area contributed by atoms with Crippen LogP contribution < -0.4 is 5.32 Å². The number of hydrogen-bond donors (Lipinski definition) is 3. The number of amides is 1. The van der Waals surface area contributed by atoms with E-state index in [4.69, 9.17) is 4.74 Å². The number of unbranched alkanes of at least 4 members (excludes halogenated alkanes) is 47. The van der Waals surface area contributed by atoms with Crippen molar-refractivity contribution in [2.24, 2.45) is 0 Å². The summed E-state index contributed by atoms with van der Waals surface area (Å²) in [6, 6.07) is -0.631. The monoisotopic (exact) mass is 1040 g/mol. The predicted octanol–water partition coefficient (Wildman–Crippen LogP) is 21.1. The van der Waals surface area contributed by atoms with Crippen molar-refractivity contribution in [3.8, 4) is 0 Å². The van der Waals surface area contributed by atoms with E-state index in [1.165, 1.54) is 283 Å². The summed E-state index contributed by atoms with van der Waals surface area (Å²) in [5, 5.41) is 23.2. The molecule has 3 N–H and O–H groups in total. The van der Waals surface area contributed by atoms with Gasteiger partial charge in [0.15, 0.2) is 0 Å². The molecular formula is C68H129NO5. The Hall–Kier alpha value is -1.92. The largest absolute Gasteiger partial charge is 0.466 e. The van der Waals surface area contributed by atoms with Crippen molar-refractivity contribution < 1.29 is 24.5 Å². The zero-order valence-corrected chi connectivity index (χ0v) is 49.8. The van der Waals surface area contributed by atoms with Gasteiger partial charge in [0, 0.05) is 12.8 Å². The molecule has 436 valence electrons. The van der Waals surface area contributed by atoms with E-state index in [1.807, 2.05) is 6.08 Å². The summed E-state index contributed by atoms with van der Waals surface area (Å²) in [6.07, 6.45) is 80.5. The van der Waals surface area contributed by atoms with Crippen LogP contribution in [0, 0.1) is 0 Å². The normalized spacial score (nSPS) is 12.8. The minimum absolute atomic E-state index is 0.00364. The summed E-state index contributed by atoms with van der Waals surface area (Å²) in [6.45, 7) is 4.89. The lowest BCUT2D eigenvalue weighted by Gasteiger charge is -2.20. The fourth-order valence-electron chi connectivity index (χ4n) is 10.3. The van der Waals surface area contributed by atoms with Crippen molar-refractivity contribution in [2.75, 3.05) is 13.2 Å². The van der Waals surface area contributed by atoms with Crippen LogP contribution in [0.5, 0.6) is 0 Å². The highest BCUT2D eigenvalue weighted by molar-refractivity contribution is 5.76. The highest BCUT2D eigenvalue weighted by atomic mass is 16.5. The van der Waals surface area contributed by atoms with Gasteiger partial charge in [-0.15, -0.1) is 0 Å². The molecule has 0 aromatic rings. The first kappa shape index (κ1) is 72.1. The second-order valence-electron chi connectivity index (χ2n) is 22.8. The molecule has 2 atom stereocenters. The Labute approximate surface area is 462 Å². The lowest BCUT2D eigenvalue weighted by molar-refractivity contribution is -0.143. The van der Waals surface area contributed by atoms with Gasteiger partial charge in [0.1, 0.15) is 0 Å². The summed E-state index contributed by atoms with van der Waals surface area (Å²) in [4.78, 5) is 24.6. The maximum absolute atomic E-state index is 12.5. The summed E-state index contributed by atoms with van der Waals surface area (Å²) < 4.78 is 5.48. The Morgan fingerprint density at radius 3 is 1.05 bits per heavy atom. The van der Waals surface area contributed by atoms with E-state index in [2.05, 4.69) is 43.5 Å². The van der Waals surface area contributed by atoms with Crippen LogP contribution in [0.3, 0.4) is 0 Å². The van der Waals surface area contributed by atoms with E-state index in [-0.39, 0.29) is 18.5 Å². The summed E-state index contributed by atoms with van der Waals surface area (Å²) in [7, 11) is 0. The van der Waals surface area contributed by atoms with Crippen LogP contribution in [-0.4, -0.2) is 47.4 Å². The van der Waals surface area contributed by atoms with Crippen LogP contribution in [-0.2, 0) is 14.3 Å². The molecular weight excluding hydrogens is 911 g/mol. The maximum atomic E-state index is 12.5. The molecule has 0 aromatic heterocycles. The molecule has 6 heteroatoms. The van der Waals surface area contributed by atoms with E-state index in [0.29, 0.717) is 19.4 Å². The lowest BCUT2D eigenvalue weighted by atomic mass is 10.0. The second-order valence-corrected chi connectivity index (χ2v) is 22.8. The van der Waals surface area contributed by atoms with Crippen molar-refractivity contribution in [1.29, 1.82) is 0 Å². The van der Waals surface area contributed by atoms with Gasteiger partial charge in [-0.3, -0.25) is 9.59 Å². The third-order valence-electron chi connectivity index (χ3n) is 15.4. The zero-order chi connectivity index (χ0) is 53.6. The molecule has 0 rings (SSSR count). The van der Waals surface area contributed by atoms with Crippen LogP contribution in [0.15, 0.2) is 36.5 Å². The molecule has 0 spiro atoms. The number of ether oxygens (including phenoxy) is 1. The van der Waals surface area contributed by atoms with Crippen LogP contribution in [0.25, 0.3) is 0 Å². The fourth-order valence-corrected chi connectivity index (χ4v) is 10.3. The number of hydrogen-bond acceptors (Lipinski definition) is 5. The van der Waals surface area contributed by atoms with E-state index >= 15 is 0 Å². The van der Waals surface area contributed by atoms with E-state index in [9.17, 15) is 19.8 Å². The Morgan fingerprint density at radius 2 is 0.676 bits per heavy atom. The molecule has 0 saturated heterocycles. The average molecular weight is 1040 g/mol. The number of esters is 1. The number of aliphatic hydroxyl groups is 2. The number of carbonyl (C=O) groups is 2. The molecule has 0 fully saturated rings. The van der Waals surface area contributed by atoms with Gasteiger partial charge in [-0.1, -0.05) is 320 Å². The summed E-state index contributed by atoms with van der Waals surface area (Å²) in [5.41, 5.74) is 0. The zero-order valence-electron chi connectivity index (χ0n) is 49.8. The molecule has 0 aliphatic heterocycles. The van der Waals surface area contributed by atoms with Crippen LogP contribution in [0.1, 0.15) is 361 Å². The third kappa shape index (κ3) is 59.3. The van der Waals surface area contributed by atoms with Gasteiger partial charge >= 0.3 is 5.97 Å². The van der Waals surface area contributed by atoms with Crippen molar-refractivity contribution in [3.05, 3.63) is 36.5 Å². The maximum Gasteiger partial charge on any atom is 0.305 e. The average Bonchev–Trinajstić information content (AvgIpc) is 3.40. The standard InChI is InChI=1S/C68H129NO5/c1-3-5-7-9-11-13-15-17-19-20-21-22-23-26-29-33-36-40-44-48-52-56-60-66(71)65(64-70)69-67(72)61-57-53-49-45-41-37-34-30-27-24-25-28-31-35-39-43-47-51-55-59-63-74-68(73)62-58-54-50-46-42-38-32-18-16-14-12-10-8-6-4-2/h12,14,18,32,56,60,65-66,70-71H,3-11,13,15-17,19-31,33-55,57-59,61-64H2,1-2H3,(H,69,72)/b14-12-,32-18-,60-56+. The first-order chi connectivity index (χ1) is 36.5. The van der Waals surface area contributed by atoms with Crippen molar-refractivity contribution >= 4 is 11.9 Å². The summed E-state index contributed by atoms with van der Waals surface area (Å²) in [5.74, 6) is -0.0705.